The van der Waals surface area contributed by atoms with Gasteiger partial charge in [0.2, 0.25) is 5.88 Å². The maximum absolute atomic E-state index is 13.3. The second kappa shape index (κ2) is 7.09. The van der Waals surface area contributed by atoms with Crippen LogP contribution in [0.2, 0.25) is 0 Å². The molecular formula is C20H26N4O2. The topological polar surface area (TPSA) is 60.2 Å². The van der Waals surface area contributed by atoms with Crippen molar-refractivity contribution in [2.24, 2.45) is 7.05 Å². The van der Waals surface area contributed by atoms with Crippen LogP contribution in [0.5, 0.6) is 5.88 Å². The first-order chi connectivity index (χ1) is 12.7. The lowest BCUT2D eigenvalue weighted by atomic mass is 10.1. The fraction of sp³-hybridized carbons (Fsp3) is 0.550. The van der Waals surface area contributed by atoms with Gasteiger partial charge in [0.25, 0.3) is 5.91 Å². The van der Waals surface area contributed by atoms with Crippen LogP contribution in [0.4, 0.5) is 0 Å². The summed E-state index contributed by atoms with van der Waals surface area (Å²) in [5, 5.41) is 4.73. The highest BCUT2D eigenvalue weighted by atomic mass is 16.5. The summed E-state index contributed by atoms with van der Waals surface area (Å²) in [6, 6.07) is 3.85. The van der Waals surface area contributed by atoms with Crippen LogP contribution in [0, 0.1) is 0 Å². The molecule has 0 atom stereocenters. The Morgan fingerprint density at radius 1 is 1.27 bits per heavy atom. The highest BCUT2D eigenvalue weighted by Crippen LogP contribution is 2.30. The normalized spacial score (nSPS) is 16.7. The molecule has 0 spiro atoms. The monoisotopic (exact) mass is 354 g/mol. The third kappa shape index (κ3) is 3.08. The van der Waals surface area contributed by atoms with Crippen molar-refractivity contribution in [2.45, 2.75) is 57.5 Å². The standard InChI is InChI=1S/C20H26N4O2/c1-23-18-9-5-8-16(18)17(22-23)13-24(15-6-3-4-7-15)20(25)14-10-11-19(26-2)21-12-14/h10-12,15H,3-9,13H2,1-2H3. The maximum atomic E-state index is 13.3. The van der Waals surface area contributed by atoms with Crippen LogP contribution in [0.15, 0.2) is 18.3 Å². The number of fused-ring (bicyclic) bond motifs is 1. The van der Waals surface area contributed by atoms with Crippen molar-refractivity contribution < 1.29 is 9.53 Å². The van der Waals surface area contributed by atoms with Crippen LogP contribution in [0.25, 0.3) is 0 Å². The summed E-state index contributed by atoms with van der Waals surface area (Å²) in [4.78, 5) is 19.5. The van der Waals surface area contributed by atoms with Gasteiger partial charge >= 0.3 is 0 Å². The van der Waals surface area contributed by atoms with Crippen molar-refractivity contribution in [3.05, 3.63) is 40.8 Å². The molecule has 0 N–H and O–H groups in total. The van der Waals surface area contributed by atoms with Gasteiger partial charge in [-0.25, -0.2) is 4.98 Å². The Labute approximate surface area is 154 Å². The van der Waals surface area contributed by atoms with E-state index < -0.39 is 0 Å². The van der Waals surface area contributed by atoms with E-state index in [1.807, 2.05) is 16.6 Å². The van der Waals surface area contributed by atoms with E-state index in [0.717, 1.165) is 31.4 Å². The second-order valence-electron chi connectivity index (χ2n) is 7.31. The number of aromatic nitrogens is 3. The lowest BCUT2D eigenvalue weighted by Gasteiger charge is -2.28. The van der Waals surface area contributed by atoms with E-state index in [0.29, 0.717) is 24.0 Å². The molecule has 6 heteroatoms. The number of nitrogens with zero attached hydrogens (tertiary/aromatic N) is 4. The fourth-order valence-electron chi connectivity index (χ4n) is 4.36. The second-order valence-corrected chi connectivity index (χ2v) is 7.31. The molecule has 0 aliphatic heterocycles. The van der Waals surface area contributed by atoms with Gasteiger partial charge < -0.3 is 9.64 Å². The minimum Gasteiger partial charge on any atom is -0.481 e. The number of hydrogen-bond donors (Lipinski definition) is 0. The Kier molecular flexibility index (Phi) is 4.66. The summed E-state index contributed by atoms with van der Waals surface area (Å²) in [6.07, 6.45) is 9.51. The van der Waals surface area contributed by atoms with Gasteiger partial charge in [-0.1, -0.05) is 12.8 Å². The van der Waals surface area contributed by atoms with Crippen molar-refractivity contribution in [3.63, 3.8) is 0 Å². The lowest BCUT2D eigenvalue weighted by Crippen LogP contribution is -2.38. The smallest absolute Gasteiger partial charge is 0.256 e. The summed E-state index contributed by atoms with van der Waals surface area (Å²) < 4.78 is 7.11. The molecule has 2 heterocycles. The number of carbonyl (C=O) groups excluding carboxylic acids is 1. The summed E-state index contributed by atoms with van der Waals surface area (Å²) in [5.74, 6) is 0.570. The number of hydrogen-bond acceptors (Lipinski definition) is 4. The maximum Gasteiger partial charge on any atom is 0.256 e. The summed E-state index contributed by atoms with van der Waals surface area (Å²) in [7, 11) is 3.60. The van der Waals surface area contributed by atoms with Gasteiger partial charge in [-0.15, -0.1) is 0 Å². The molecule has 2 aromatic rings. The number of methoxy groups -OCH3 is 1. The van der Waals surface area contributed by atoms with Crippen LogP contribution in [0.1, 0.15) is 59.4 Å². The zero-order valence-corrected chi connectivity index (χ0v) is 15.6. The highest BCUT2D eigenvalue weighted by molar-refractivity contribution is 5.94. The van der Waals surface area contributed by atoms with E-state index in [9.17, 15) is 4.79 Å². The number of pyridine rings is 1. The first-order valence-electron chi connectivity index (χ1n) is 9.52. The first-order valence-corrected chi connectivity index (χ1v) is 9.52. The largest absolute Gasteiger partial charge is 0.481 e. The zero-order valence-electron chi connectivity index (χ0n) is 15.6. The predicted octanol–water partition coefficient (Wildman–Crippen LogP) is 2.90. The Morgan fingerprint density at radius 2 is 2.08 bits per heavy atom. The van der Waals surface area contributed by atoms with E-state index in [4.69, 9.17) is 9.84 Å². The molecule has 2 aliphatic carbocycles. The summed E-state index contributed by atoms with van der Waals surface area (Å²) in [5.41, 5.74) is 4.38. The molecule has 0 unspecified atom stereocenters. The number of amides is 1. The Morgan fingerprint density at radius 3 is 2.77 bits per heavy atom. The van der Waals surface area contributed by atoms with E-state index in [-0.39, 0.29) is 5.91 Å². The van der Waals surface area contributed by atoms with Crippen molar-refractivity contribution in [3.8, 4) is 5.88 Å². The van der Waals surface area contributed by atoms with Crippen molar-refractivity contribution in [2.75, 3.05) is 7.11 Å². The van der Waals surface area contributed by atoms with Crippen molar-refractivity contribution in [1.82, 2.24) is 19.7 Å². The minimum atomic E-state index is 0.0458. The van der Waals surface area contributed by atoms with E-state index in [1.165, 1.54) is 30.5 Å². The molecule has 1 saturated carbocycles. The van der Waals surface area contributed by atoms with Gasteiger partial charge in [0.15, 0.2) is 0 Å². The summed E-state index contributed by atoms with van der Waals surface area (Å²) >= 11 is 0. The molecule has 1 amide bonds. The third-order valence-corrected chi connectivity index (χ3v) is 5.74. The van der Waals surface area contributed by atoms with Crippen LogP contribution < -0.4 is 4.74 Å². The van der Waals surface area contributed by atoms with Gasteiger partial charge in [-0.2, -0.15) is 5.10 Å². The number of aryl methyl sites for hydroxylation is 1. The third-order valence-electron chi connectivity index (χ3n) is 5.74. The lowest BCUT2D eigenvalue weighted by molar-refractivity contribution is 0.0660. The zero-order chi connectivity index (χ0) is 18.1. The van der Waals surface area contributed by atoms with E-state index >= 15 is 0 Å². The molecular weight excluding hydrogens is 328 g/mol. The molecule has 0 radical (unpaired) electrons. The highest BCUT2D eigenvalue weighted by Gasteiger charge is 2.30. The Bertz CT molecular complexity index is 791. The molecule has 0 saturated heterocycles. The first kappa shape index (κ1) is 17.1. The Balaban J connectivity index is 1.62. The molecule has 2 aliphatic rings. The minimum absolute atomic E-state index is 0.0458. The molecule has 26 heavy (non-hydrogen) atoms. The molecule has 6 nitrogen and oxygen atoms in total. The van der Waals surface area contributed by atoms with Gasteiger partial charge in [-0.05, 0) is 43.7 Å². The molecule has 1 fully saturated rings. The van der Waals surface area contributed by atoms with Crippen molar-refractivity contribution in [1.29, 1.82) is 0 Å². The fourth-order valence-corrected chi connectivity index (χ4v) is 4.36. The summed E-state index contributed by atoms with van der Waals surface area (Å²) in [6.45, 7) is 0.596. The van der Waals surface area contributed by atoms with Gasteiger partial charge in [0.05, 0.1) is 24.9 Å². The molecule has 4 rings (SSSR count). The van der Waals surface area contributed by atoms with Crippen LogP contribution >= 0.6 is 0 Å². The molecule has 0 bridgehead atoms. The molecule has 0 aromatic carbocycles. The SMILES string of the molecule is COc1ccc(C(=O)N(Cc2nn(C)c3c2CCC3)C2CCCC2)cn1. The Hall–Kier alpha value is -2.37. The van der Waals surface area contributed by atoms with Gasteiger partial charge in [0, 0.05) is 31.0 Å². The van der Waals surface area contributed by atoms with Crippen LogP contribution in [0.3, 0.4) is 0 Å². The van der Waals surface area contributed by atoms with E-state index in [2.05, 4.69) is 4.98 Å². The average Bonchev–Trinajstić information content (AvgIpc) is 3.40. The van der Waals surface area contributed by atoms with Gasteiger partial charge in [-0.3, -0.25) is 9.48 Å². The number of rotatable bonds is 5. The van der Waals surface area contributed by atoms with Crippen LogP contribution in [-0.4, -0.2) is 38.7 Å². The average molecular weight is 354 g/mol. The predicted molar refractivity (Wildman–Crippen MR) is 98.2 cm³/mol. The number of ether oxygens (including phenoxy) is 1. The quantitative estimate of drug-likeness (QED) is 0.828. The molecule has 138 valence electrons. The van der Waals surface area contributed by atoms with Crippen molar-refractivity contribution >= 4 is 5.91 Å². The van der Waals surface area contributed by atoms with Gasteiger partial charge in [0.1, 0.15) is 0 Å². The van der Waals surface area contributed by atoms with Crippen LogP contribution in [-0.2, 0) is 26.4 Å². The van der Waals surface area contributed by atoms with E-state index in [1.54, 1.807) is 25.4 Å². The molecule has 2 aromatic heterocycles. The number of carbonyl (C=O) groups is 1.